The molecule has 1 fully saturated rings. The Balaban J connectivity index is 1.53. The van der Waals surface area contributed by atoms with Crippen LogP contribution in [0.2, 0.25) is 10.2 Å². The van der Waals surface area contributed by atoms with Crippen molar-refractivity contribution in [3.8, 4) is 11.8 Å². The molecule has 0 atom stereocenters. The molecule has 4 rings (SSSR count). The first-order chi connectivity index (χ1) is 16.0. The van der Waals surface area contributed by atoms with Crippen LogP contribution in [0.25, 0.3) is 11.8 Å². The summed E-state index contributed by atoms with van der Waals surface area (Å²) in [5.74, 6) is -0.525. The van der Waals surface area contributed by atoms with Crippen molar-refractivity contribution < 1.29 is 9.53 Å². The summed E-state index contributed by atoms with van der Waals surface area (Å²) >= 11 is 12.6. The molecule has 168 valence electrons. The Bertz CT molecular complexity index is 1240. The number of benzene rings is 2. The number of carbonyl (C=O) groups excluding carboxylic acids is 1. The maximum absolute atomic E-state index is 12.8. The second-order valence-electron chi connectivity index (χ2n) is 7.45. The van der Waals surface area contributed by atoms with E-state index >= 15 is 0 Å². The van der Waals surface area contributed by atoms with Crippen molar-refractivity contribution in [2.45, 2.75) is 6.92 Å². The molecular weight excluding hydrogens is 461 g/mol. The summed E-state index contributed by atoms with van der Waals surface area (Å²) in [6, 6.07) is 16.5. The minimum atomic E-state index is -0.525. The number of aryl methyl sites for hydroxylation is 1. The molecule has 1 aliphatic rings. The van der Waals surface area contributed by atoms with E-state index in [9.17, 15) is 10.1 Å². The van der Waals surface area contributed by atoms with Gasteiger partial charge in [-0.25, -0.2) is 4.68 Å². The maximum Gasteiger partial charge on any atom is 0.266 e. The molecule has 9 heteroatoms. The summed E-state index contributed by atoms with van der Waals surface area (Å²) in [7, 11) is 0. The van der Waals surface area contributed by atoms with Gasteiger partial charge in [-0.05, 0) is 55.5 Å². The van der Waals surface area contributed by atoms with Gasteiger partial charge in [-0.15, -0.1) is 0 Å². The van der Waals surface area contributed by atoms with Crippen LogP contribution in [-0.2, 0) is 9.53 Å². The number of anilines is 2. The van der Waals surface area contributed by atoms with E-state index in [1.54, 1.807) is 25.1 Å². The Morgan fingerprint density at radius 1 is 1.15 bits per heavy atom. The molecule has 0 spiro atoms. The Hall–Kier alpha value is -3.31. The number of aromatic nitrogens is 2. The lowest BCUT2D eigenvalue weighted by Gasteiger charge is -2.28. The summed E-state index contributed by atoms with van der Waals surface area (Å²) in [4.78, 5) is 15.0. The fourth-order valence-electron chi connectivity index (χ4n) is 3.52. The molecule has 0 unspecified atom stereocenters. The SMILES string of the molecule is Cc1nn(-c2cccc(Cl)c2)c(Cl)c1/C=C(\C#N)C(=O)Nc1ccc(N2CCOCC2)cc1. The quantitative estimate of drug-likeness (QED) is 0.415. The second kappa shape index (κ2) is 10.1. The third-order valence-electron chi connectivity index (χ3n) is 5.26. The van der Waals surface area contributed by atoms with E-state index in [0.717, 1.165) is 18.8 Å². The topological polar surface area (TPSA) is 83.2 Å². The van der Waals surface area contributed by atoms with Gasteiger partial charge in [-0.1, -0.05) is 29.3 Å². The van der Waals surface area contributed by atoms with Crippen molar-refractivity contribution in [1.29, 1.82) is 5.26 Å². The average Bonchev–Trinajstić information content (AvgIpc) is 3.11. The number of amides is 1. The largest absolute Gasteiger partial charge is 0.378 e. The molecule has 1 N–H and O–H groups in total. The predicted molar refractivity (Wildman–Crippen MR) is 130 cm³/mol. The van der Waals surface area contributed by atoms with Gasteiger partial charge in [-0.2, -0.15) is 10.4 Å². The van der Waals surface area contributed by atoms with Gasteiger partial charge in [-0.3, -0.25) is 4.79 Å². The molecule has 2 heterocycles. The van der Waals surface area contributed by atoms with Crippen molar-refractivity contribution in [1.82, 2.24) is 9.78 Å². The van der Waals surface area contributed by atoms with Crippen molar-refractivity contribution in [3.63, 3.8) is 0 Å². The van der Waals surface area contributed by atoms with Gasteiger partial charge in [0.05, 0.1) is 24.6 Å². The molecule has 1 aromatic heterocycles. The smallest absolute Gasteiger partial charge is 0.266 e. The van der Waals surface area contributed by atoms with Gasteiger partial charge in [0.2, 0.25) is 0 Å². The van der Waals surface area contributed by atoms with Crippen LogP contribution in [0.3, 0.4) is 0 Å². The van der Waals surface area contributed by atoms with Crippen molar-refractivity contribution >= 4 is 46.6 Å². The highest BCUT2D eigenvalue weighted by atomic mass is 35.5. The highest BCUT2D eigenvalue weighted by Gasteiger charge is 2.17. The molecular formula is C24H21Cl2N5O2. The Labute approximate surface area is 201 Å². The van der Waals surface area contributed by atoms with E-state index in [0.29, 0.717) is 40.9 Å². The summed E-state index contributed by atoms with van der Waals surface area (Å²) < 4.78 is 6.90. The first-order valence-electron chi connectivity index (χ1n) is 10.3. The second-order valence-corrected chi connectivity index (χ2v) is 8.25. The van der Waals surface area contributed by atoms with E-state index < -0.39 is 5.91 Å². The van der Waals surface area contributed by atoms with Gasteiger partial charge in [0, 0.05) is 35.1 Å². The first kappa shape index (κ1) is 22.9. The Morgan fingerprint density at radius 3 is 2.55 bits per heavy atom. The number of nitrogens with one attached hydrogen (secondary N) is 1. The Morgan fingerprint density at radius 2 is 1.88 bits per heavy atom. The molecule has 2 aromatic carbocycles. The molecule has 1 amide bonds. The molecule has 0 saturated carbocycles. The molecule has 0 bridgehead atoms. The molecule has 1 saturated heterocycles. The third kappa shape index (κ3) is 5.20. The van der Waals surface area contributed by atoms with Crippen molar-refractivity contribution in [2.75, 3.05) is 36.5 Å². The predicted octanol–water partition coefficient (Wildman–Crippen LogP) is 4.87. The van der Waals surface area contributed by atoms with Crippen LogP contribution >= 0.6 is 23.2 Å². The minimum Gasteiger partial charge on any atom is -0.378 e. The fraction of sp³-hybridized carbons (Fsp3) is 0.208. The summed E-state index contributed by atoms with van der Waals surface area (Å²) in [5, 5.41) is 17.6. The first-order valence-corrected chi connectivity index (χ1v) is 11.1. The van der Waals surface area contributed by atoms with Gasteiger partial charge in [0.15, 0.2) is 0 Å². The minimum absolute atomic E-state index is 0.0806. The standard InChI is InChI=1S/C24H21Cl2N5O2/c1-16-22(23(26)31(29-16)21-4-2-3-18(25)14-21)13-17(15-27)24(32)28-19-5-7-20(8-6-19)30-9-11-33-12-10-30/h2-8,13-14H,9-12H2,1H3,(H,28,32)/b17-13+. The zero-order valence-electron chi connectivity index (χ0n) is 17.9. The molecule has 0 aliphatic carbocycles. The van der Waals surface area contributed by atoms with Crippen LogP contribution in [-0.4, -0.2) is 42.0 Å². The normalized spacial score (nSPS) is 14.1. The van der Waals surface area contributed by atoms with Gasteiger partial charge in [0.25, 0.3) is 5.91 Å². The van der Waals surface area contributed by atoms with Crippen molar-refractivity contribution in [3.05, 3.63) is 75.5 Å². The fourth-order valence-corrected chi connectivity index (χ4v) is 4.03. The lowest BCUT2D eigenvalue weighted by molar-refractivity contribution is -0.112. The Kier molecular flexibility index (Phi) is 6.99. The number of ether oxygens (including phenoxy) is 1. The summed E-state index contributed by atoms with van der Waals surface area (Å²) in [5.41, 5.74) is 3.32. The van der Waals surface area contributed by atoms with Crippen LogP contribution in [0.4, 0.5) is 11.4 Å². The number of nitriles is 1. The monoisotopic (exact) mass is 481 g/mol. The van der Waals surface area contributed by atoms with Crippen LogP contribution in [0.15, 0.2) is 54.1 Å². The van der Waals surface area contributed by atoms with E-state index in [4.69, 9.17) is 27.9 Å². The summed E-state index contributed by atoms with van der Waals surface area (Å²) in [6.45, 7) is 4.82. The zero-order chi connectivity index (χ0) is 23.4. The van der Waals surface area contributed by atoms with Gasteiger partial charge >= 0.3 is 0 Å². The number of carbonyl (C=O) groups is 1. The number of rotatable bonds is 5. The molecule has 7 nitrogen and oxygen atoms in total. The highest BCUT2D eigenvalue weighted by molar-refractivity contribution is 6.32. The lowest BCUT2D eigenvalue weighted by atomic mass is 10.1. The average molecular weight is 482 g/mol. The molecule has 0 radical (unpaired) electrons. The van der Waals surface area contributed by atoms with Crippen LogP contribution in [0, 0.1) is 18.3 Å². The van der Waals surface area contributed by atoms with Crippen molar-refractivity contribution in [2.24, 2.45) is 0 Å². The zero-order valence-corrected chi connectivity index (χ0v) is 19.4. The van der Waals surface area contributed by atoms with E-state index in [-0.39, 0.29) is 10.7 Å². The molecule has 33 heavy (non-hydrogen) atoms. The van der Waals surface area contributed by atoms with Gasteiger partial charge < -0.3 is 15.0 Å². The number of hydrogen-bond acceptors (Lipinski definition) is 5. The van der Waals surface area contributed by atoms with Gasteiger partial charge in [0.1, 0.15) is 16.8 Å². The lowest BCUT2D eigenvalue weighted by Crippen LogP contribution is -2.36. The summed E-state index contributed by atoms with van der Waals surface area (Å²) in [6.07, 6.45) is 1.45. The van der Waals surface area contributed by atoms with E-state index in [1.807, 2.05) is 36.4 Å². The molecule has 1 aliphatic heterocycles. The van der Waals surface area contributed by atoms with Crippen LogP contribution in [0.1, 0.15) is 11.3 Å². The number of nitrogens with zero attached hydrogens (tertiary/aromatic N) is 4. The van der Waals surface area contributed by atoms with E-state index in [1.165, 1.54) is 10.8 Å². The third-order valence-corrected chi connectivity index (χ3v) is 5.85. The molecule has 3 aromatic rings. The maximum atomic E-state index is 12.8. The highest BCUT2D eigenvalue weighted by Crippen LogP contribution is 2.27. The van der Waals surface area contributed by atoms with Crippen LogP contribution < -0.4 is 10.2 Å². The number of morpholine rings is 1. The van der Waals surface area contributed by atoms with Crippen LogP contribution in [0.5, 0.6) is 0 Å². The van der Waals surface area contributed by atoms with E-state index in [2.05, 4.69) is 15.3 Å². The number of hydrogen-bond donors (Lipinski definition) is 1. The number of halogens is 2.